The lowest BCUT2D eigenvalue weighted by Gasteiger charge is -2.71. The maximum absolute atomic E-state index is 14.5. The van der Waals surface area contributed by atoms with Crippen LogP contribution in [-0.2, 0) is 19.1 Å². The Hall–Kier alpha value is -2.23. The number of para-hydroxylation sites is 1. The number of carbonyl (C=O) groups is 3. The number of carbonyl (C=O) groups excluding carboxylic acids is 2. The first-order chi connectivity index (χ1) is 23.0. The van der Waals surface area contributed by atoms with Gasteiger partial charge in [-0.05, 0) is 125 Å². The number of fused-ring (bicyclic) bond motifs is 8. The summed E-state index contributed by atoms with van der Waals surface area (Å²) in [4.78, 5) is 43.8. The number of halogens is 1. The molecule has 8 heteroatoms. The van der Waals surface area contributed by atoms with E-state index < -0.39 is 17.4 Å². The zero-order valence-corrected chi connectivity index (χ0v) is 32.4. The van der Waals surface area contributed by atoms with Gasteiger partial charge in [-0.3, -0.25) is 19.4 Å². The quantitative estimate of drug-likeness (QED) is 0.172. The first-order valence-electron chi connectivity index (χ1n) is 18.8. The van der Waals surface area contributed by atoms with E-state index in [4.69, 9.17) is 4.74 Å². The molecule has 0 bridgehead atoms. The number of anilines is 1. The molecule has 9 unspecified atom stereocenters. The number of rotatable bonds is 6. The topological polar surface area (TPSA) is 106 Å². The minimum Gasteiger partial charge on any atom is -0.481 e. The number of ether oxygens (including phenoxy) is 1. The highest BCUT2D eigenvalue weighted by Crippen LogP contribution is 2.76. The van der Waals surface area contributed by atoms with Crippen molar-refractivity contribution in [1.82, 2.24) is 4.98 Å². The summed E-state index contributed by atoms with van der Waals surface area (Å²) in [5.41, 5.74) is 0.315. The minimum absolute atomic E-state index is 0.115. The molecule has 2 N–H and O–H groups in total. The third-order valence-electron chi connectivity index (χ3n) is 15.3. The molecule has 0 aliphatic heterocycles. The molecule has 1 aromatic heterocycles. The summed E-state index contributed by atoms with van der Waals surface area (Å²) in [5.74, 6) is 0.729. The molecule has 266 valence electrons. The van der Waals surface area contributed by atoms with Crippen molar-refractivity contribution in [3.05, 3.63) is 36.5 Å². The van der Waals surface area contributed by atoms with Gasteiger partial charge in [-0.25, -0.2) is 0 Å². The second-order valence-corrected chi connectivity index (χ2v) is 20.2. The molecule has 1 amide bonds. The van der Waals surface area contributed by atoms with Gasteiger partial charge < -0.3 is 15.2 Å². The zero-order valence-electron chi connectivity index (χ0n) is 30.2. The lowest BCUT2D eigenvalue weighted by Crippen LogP contribution is -2.68. The highest BCUT2D eigenvalue weighted by molar-refractivity contribution is 14.1. The van der Waals surface area contributed by atoms with E-state index in [-0.39, 0.29) is 43.5 Å². The number of carboxylic acid groups (broad SMARTS) is 1. The molecule has 7 nitrogen and oxygen atoms in total. The van der Waals surface area contributed by atoms with Crippen LogP contribution in [0.25, 0.3) is 10.9 Å². The van der Waals surface area contributed by atoms with E-state index in [1.807, 2.05) is 18.2 Å². The molecule has 5 fully saturated rings. The Morgan fingerprint density at radius 3 is 2.43 bits per heavy atom. The van der Waals surface area contributed by atoms with Crippen molar-refractivity contribution in [1.29, 1.82) is 0 Å². The molecule has 49 heavy (non-hydrogen) atoms. The van der Waals surface area contributed by atoms with E-state index in [1.54, 1.807) is 20.0 Å². The van der Waals surface area contributed by atoms with Crippen LogP contribution in [0.15, 0.2) is 36.5 Å². The fourth-order valence-electron chi connectivity index (χ4n) is 12.8. The SMILES string of the molecule is CC(C)(CC(=O)OC1CCC2(C)C(CCC3(C)C2CCC2C4CCCC4(C(=O)Nc4cccc5cccnc45)CCC23I)C1(C)C)C(=O)O. The zero-order chi connectivity index (χ0) is 35.2. The number of hydrogen-bond donors (Lipinski definition) is 2. The summed E-state index contributed by atoms with van der Waals surface area (Å²) in [5, 5.41) is 14.0. The molecule has 0 spiro atoms. The van der Waals surface area contributed by atoms with Gasteiger partial charge in [0.2, 0.25) is 5.91 Å². The molecule has 0 saturated heterocycles. The largest absolute Gasteiger partial charge is 0.481 e. The molecule has 9 atom stereocenters. The fraction of sp³-hybridized carbons (Fsp3) is 0.707. The second-order valence-electron chi connectivity index (χ2n) is 18.3. The van der Waals surface area contributed by atoms with Crippen LogP contribution < -0.4 is 5.32 Å². The number of hydrogen-bond acceptors (Lipinski definition) is 5. The molecule has 1 heterocycles. The van der Waals surface area contributed by atoms with E-state index in [2.05, 4.69) is 72.7 Å². The van der Waals surface area contributed by atoms with Gasteiger partial charge in [-0.2, -0.15) is 0 Å². The van der Waals surface area contributed by atoms with Crippen molar-refractivity contribution >= 4 is 57.0 Å². The number of alkyl halides is 1. The van der Waals surface area contributed by atoms with E-state index in [0.29, 0.717) is 23.7 Å². The van der Waals surface area contributed by atoms with Gasteiger partial charge in [-0.1, -0.05) is 74.9 Å². The first kappa shape index (κ1) is 35.2. The van der Waals surface area contributed by atoms with Gasteiger partial charge in [0.25, 0.3) is 0 Å². The Kier molecular flexibility index (Phi) is 8.55. The number of aromatic nitrogens is 1. The number of nitrogens with zero attached hydrogens (tertiary/aromatic N) is 1. The van der Waals surface area contributed by atoms with Crippen molar-refractivity contribution < 1.29 is 24.2 Å². The number of carboxylic acids is 1. The van der Waals surface area contributed by atoms with Crippen LogP contribution in [0.2, 0.25) is 0 Å². The molecule has 5 aliphatic carbocycles. The number of nitrogens with one attached hydrogen (secondary N) is 1. The number of pyridine rings is 1. The number of amides is 1. The van der Waals surface area contributed by atoms with Crippen LogP contribution in [0.1, 0.15) is 119 Å². The van der Waals surface area contributed by atoms with Crippen molar-refractivity contribution in [2.45, 2.75) is 128 Å². The molecule has 5 saturated carbocycles. The van der Waals surface area contributed by atoms with Gasteiger partial charge in [0.15, 0.2) is 0 Å². The summed E-state index contributed by atoms with van der Waals surface area (Å²) in [6.45, 7) is 12.9. The molecule has 1 aromatic carbocycles. The van der Waals surface area contributed by atoms with Gasteiger partial charge in [0.1, 0.15) is 6.10 Å². The molecule has 2 aromatic rings. The predicted octanol–water partition coefficient (Wildman–Crippen LogP) is 9.61. The molecular weight excluding hydrogens is 727 g/mol. The minimum atomic E-state index is -1.14. The maximum atomic E-state index is 14.5. The lowest BCUT2D eigenvalue weighted by molar-refractivity contribution is -0.213. The summed E-state index contributed by atoms with van der Waals surface area (Å²) in [6.07, 6.45) is 13.2. The average molecular weight is 783 g/mol. The van der Waals surface area contributed by atoms with Crippen LogP contribution in [0.5, 0.6) is 0 Å². The fourth-order valence-corrected chi connectivity index (χ4v) is 14.4. The van der Waals surface area contributed by atoms with Crippen molar-refractivity contribution in [3.8, 4) is 0 Å². The van der Waals surface area contributed by atoms with Gasteiger partial charge >= 0.3 is 11.9 Å². The third-order valence-corrected chi connectivity index (χ3v) is 17.9. The highest BCUT2D eigenvalue weighted by atomic mass is 127. The van der Waals surface area contributed by atoms with Gasteiger partial charge in [-0.15, -0.1) is 0 Å². The summed E-state index contributed by atoms with van der Waals surface area (Å²) >= 11 is 2.92. The number of esters is 1. The van der Waals surface area contributed by atoms with Crippen LogP contribution in [0, 0.1) is 50.7 Å². The van der Waals surface area contributed by atoms with E-state index >= 15 is 0 Å². The van der Waals surface area contributed by atoms with Crippen molar-refractivity contribution in [2.75, 3.05) is 5.32 Å². The van der Waals surface area contributed by atoms with Crippen LogP contribution in [0.4, 0.5) is 5.69 Å². The van der Waals surface area contributed by atoms with E-state index in [0.717, 1.165) is 74.4 Å². The lowest BCUT2D eigenvalue weighted by atomic mass is 9.36. The van der Waals surface area contributed by atoms with Crippen LogP contribution in [-0.4, -0.2) is 37.5 Å². The predicted molar refractivity (Wildman–Crippen MR) is 200 cm³/mol. The Bertz CT molecular complexity index is 1670. The normalized spacial score (nSPS) is 39.5. The van der Waals surface area contributed by atoms with Crippen molar-refractivity contribution in [2.24, 2.45) is 50.7 Å². The first-order valence-corrected chi connectivity index (χ1v) is 19.8. The summed E-state index contributed by atoms with van der Waals surface area (Å²) in [7, 11) is 0. The van der Waals surface area contributed by atoms with E-state index in [1.165, 1.54) is 12.8 Å². The molecular formula is C41H55IN2O5. The van der Waals surface area contributed by atoms with Gasteiger partial charge in [0, 0.05) is 20.4 Å². The standard InChI is InChI=1S/C41H55IN2O5/c1-36(2,35(47)48)24-32(45)49-31-17-19-38(5)29(37(31,3)4)16-20-39(6)30(38)15-14-27-26-12-8-18-40(26,21-22-41(27,39)42)34(46)44-28-13-7-10-25-11-9-23-43-33(25)28/h7,9-11,13,23,26-27,29-31H,8,12,14-22,24H2,1-6H3,(H,44,46)(H,47,48). The van der Waals surface area contributed by atoms with Crippen molar-refractivity contribution in [3.63, 3.8) is 0 Å². The second kappa shape index (κ2) is 11.9. The Morgan fingerprint density at radius 2 is 1.67 bits per heavy atom. The highest BCUT2D eigenvalue weighted by Gasteiger charge is 2.71. The van der Waals surface area contributed by atoms with Crippen LogP contribution in [0.3, 0.4) is 0 Å². The van der Waals surface area contributed by atoms with E-state index in [9.17, 15) is 19.5 Å². The summed E-state index contributed by atoms with van der Waals surface area (Å²) < 4.78 is 6.29. The van der Waals surface area contributed by atoms with Crippen LogP contribution >= 0.6 is 22.6 Å². The smallest absolute Gasteiger partial charge is 0.309 e. The average Bonchev–Trinajstić information content (AvgIpc) is 3.48. The Morgan fingerprint density at radius 1 is 0.918 bits per heavy atom. The number of aliphatic carboxylic acids is 1. The monoisotopic (exact) mass is 782 g/mol. The molecule has 0 radical (unpaired) electrons. The number of benzene rings is 1. The molecule has 5 aliphatic rings. The third kappa shape index (κ3) is 5.21. The molecule has 7 rings (SSSR count). The van der Waals surface area contributed by atoms with Gasteiger partial charge in [0.05, 0.1) is 28.5 Å². The Labute approximate surface area is 305 Å². The Balaban J connectivity index is 1.12. The maximum Gasteiger partial charge on any atom is 0.309 e. The summed E-state index contributed by atoms with van der Waals surface area (Å²) in [6, 6.07) is 10.1.